The largest absolute Gasteiger partial charge is 0.497 e. The van der Waals surface area contributed by atoms with E-state index in [1.165, 1.54) is 60.8 Å². The number of alkyl halides is 3. The van der Waals surface area contributed by atoms with Crippen molar-refractivity contribution >= 4 is 79.9 Å². The highest BCUT2D eigenvalue weighted by Gasteiger charge is 2.37. The van der Waals surface area contributed by atoms with Crippen LogP contribution in [0.4, 0.5) is 13.2 Å². The number of aromatic nitrogens is 12. The standard InChI is InChI=1S/C26H34N4O3.C26H36N4O.C25H29F3N4O.C20H23ClN4O/c1-4-5-8-16-29(26(31)21-17-20(32-2)13-14-23(21)33-3)18-24-28-22-12-9-15-27-25(22)30(24)19-10-6-7-11-19;1-5-7-8-10-21-12-14-22(15-13-21)26(31)29(18-20(3)4)19-24-28-23-11-9-16-27-25(23)30(24)17-6-2;1-17(2)13-15-31(24(33)19-10-5-6-11-20(19)25(26,27)28)16-22-30-21-12-7-14-29-23(21)32(22)18-8-3-4-9-18;1-3-11-24(20(26)15-7-5-8-16(21)13-15)14-18-23-17-9-6-10-22-19(17)25(18)12-4-2/h9,12-15,17,19H,4-8,10-11,16,18H2,1-3H3;9,11-16,20H,5-8,10,17-19H2,1-4H3;5-7,10-12,14,17-18H,3-4,8-9,13,15-16H2,1-2H3;5-10,13H,3-4,11-12,14H2,1-2H3. The average Bonchev–Trinajstić information content (AvgIpc) is 1.45. The van der Waals surface area contributed by atoms with Gasteiger partial charge in [-0.1, -0.05) is 156 Å². The van der Waals surface area contributed by atoms with E-state index in [-0.39, 0.29) is 35.9 Å². The van der Waals surface area contributed by atoms with Gasteiger partial charge in [0.25, 0.3) is 23.6 Å². The SMILES string of the molecule is CC(C)CCN(Cc1nc2cccnc2n1C1CCCC1)C(=O)c1ccccc1C(F)(F)F.CCCCCN(Cc1nc2cccnc2n1C1CCCC1)C(=O)c1cc(OC)ccc1OC.CCCCCc1ccc(C(=O)N(Cc2nc3cccnc3n2CCC)CC(C)C)cc1.CCCN(Cc1nc2cccnc2n1CCC)C(=O)c1cccc(Cl)c1. The average molecular weight is 1700 g/mol. The molecule has 0 aliphatic heterocycles. The molecule has 2 aliphatic rings. The van der Waals surface area contributed by atoms with Gasteiger partial charge in [0.2, 0.25) is 0 Å². The molecule has 123 heavy (non-hydrogen) atoms. The van der Waals surface area contributed by atoms with Crippen LogP contribution >= 0.6 is 11.6 Å². The van der Waals surface area contributed by atoms with Crippen LogP contribution in [0.1, 0.15) is 266 Å². The van der Waals surface area contributed by atoms with Crippen molar-refractivity contribution < 1.29 is 41.8 Å². The minimum Gasteiger partial charge on any atom is -0.497 e. The van der Waals surface area contributed by atoms with Crippen molar-refractivity contribution in [3.05, 3.63) is 226 Å². The van der Waals surface area contributed by atoms with Crippen LogP contribution in [-0.2, 0) is 51.9 Å². The van der Waals surface area contributed by atoms with E-state index < -0.39 is 17.6 Å². The fourth-order valence-corrected chi connectivity index (χ4v) is 16.6. The Morgan fingerprint density at radius 2 is 0.935 bits per heavy atom. The van der Waals surface area contributed by atoms with Crippen LogP contribution < -0.4 is 9.47 Å². The lowest BCUT2D eigenvalue weighted by molar-refractivity contribution is -0.138. The maximum absolute atomic E-state index is 13.8. The van der Waals surface area contributed by atoms with Gasteiger partial charge in [0.1, 0.15) is 56.9 Å². The maximum Gasteiger partial charge on any atom is 0.417 e. The second-order valence-corrected chi connectivity index (χ2v) is 33.3. The number of carbonyl (C=O) groups is 4. The molecule has 0 spiro atoms. The smallest absolute Gasteiger partial charge is 0.417 e. The number of aryl methyl sites for hydroxylation is 3. The molecule has 0 N–H and O–H groups in total. The first kappa shape index (κ1) is 92.6. The Hall–Kier alpha value is -11.1. The van der Waals surface area contributed by atoms with Crippen LogP contribution in [0, 0.1) is 11.8 Å². The number of halogens is 4. The number of hydrogen-bond donors (Lipinski definition) is 0. The third kappa shape index (κ3) is 24.3. The van der Waals surface area contributed by atoms with E-state index in [4.69, 9.17) is 41.0 Å². The van der Waals surface area contributed by atoms with E-state index in [1.54, 1.807) is 69.2 Å². The highest BCUT2D eigenvalue weighted by Crippen LogP contribution is 2.38. The van der Waals surface area contributed by atoms with Gasteiger partial charge in [0.15, 0.2) is 22.6 Å². The molecule has 14 rings (SSSR count). The van der Waals surface area contributed by atoms with Crippen molar-refractivity contribution in [3.63, 3.8) is 0 Å². The Morgan fingerprint density at radius 3 is 1.43 bits per heavy atom. The second kappa shape index (κ2) is 45.3. The fraction of sp³-hybridized carbons (Fsp3) is 0.464. The summed E-state index contributed by atoms with van der Waals surface area (Å²) >= 11 is 6.06. The summed E-state index contributed by atoms with van der Waals surface area (Å²) in [5.74, 6) is 4.55. The number of ether oxygens (including phenoxy) is 2. The first-order chi connectivity index (χ1) is 59.6. The van der Waals surface area contributed by atoms with Crippen molar-refractivity contribution in [2.75, 3.05) is 40.4 Å². The number of pyridine rings is 4. The number of unbranched alkanes of at least 4 members (excludes halogenated alkanes) is 4. The van der Waals surface area contributed by atoms with Gasteiger partial charge >= 0.3 is 6.18 Å². The summed E-state index contributed by atoms with van der Waals surface area (Å²) in [5.41, 5.74) is 8.76. The quantitative estimate of drug-likeness (QED) is 0.0337. The van der Waals surface area contributed by atoms with Crippen LogP contribution in [0.15, 0.2) is 164 Å². The molecule has 8 heterocycles. The molecular weight excluding hydrogens is 1580 g/mol. The molecule has 2 aliphatic carbocycles. The zero-order valence-corrected chi connectivity index (χ0v) is 74.3. The predicted octanol–water partition coefficient (Wildman–Crippen LogP) is 22.1. The van der Waals surface area contributed by atoms with Crippen molar-refractivity contribution in [1.82, 2.24) is 77.7 Å². The fourth-order valence-electron chi connectivity index (χ4n) is 16.4. The first-order valence-corrected chi connectivity index (χ1v) is 44.6. The first-order valence-electron chi connectivity index (χ1n) is 44.2. The molecule has 0 bridgehead atoms. The number of fused-ring (bicyclic) bond motifs is 4. The van der Waals surface area contributed by atoms with Crippen molar-refractivity contribution in [2.45, 2.75) is 242 Å². The number of nitrogens with zero attached hydrogens (tertiary/aromatic N) is 16. The van der Waals surface area contributed by atoms with Gasteiger partial charge in [0.05, 0.1) is 57.1 Å². The minimum atomic E-state index is -4.60. The zero-order chi connectivity index (χ0) is 87.5. The predicted molar refractivity (Wildman–Crippen MR) is 481 cm³/mol. The van der Waals surface area contributed by atoms with E-state index in [2.05, 4.69) is 98.8 Å². The lowest BCUT2D eigenvalue weighted by Crippen LogP contribution is -2.34. The van der Waals surface area contributed by atoms with Gasteiger partial charge in [0, 0.05) is 92.3 Å². The Kier molecular flexibility index (Phi) is 34.1. The second-order valence-electron chi connectivity index (χ2n) is 32.8. The van der Waals surface area contributed by atoms with E-state index in [1.807, 2.05) is 101 Å². The van der Waals surface area contributed by atoms with Gasteiger partial charge in [-0.25, -0.2) is 39.9 Å². The van der Waals surface area contributed by atoms with Gasteiger partial charge in [-0.15, -0.1) is 0 Å². The van der Waals surface area contributed by atoms with Crippen LogP contribution in [0.3, 0.4) is 0 Å². The highest BCUT2D eigenvalue weighted by molar-refractivity contribution is 6.31. The Labute approximate surface area is 727 Å². The topological polar surface area (TPSA) is 223 Å². The van der Waals surface area contributed by atoms with Gasteiger partial charge in [-0.2, -0.15) is 13.2 Å². The Bertz CT molecular complexity index is 5420. The number of rotatable bonds is 35. The van der Waals surface area contributed by atoms with Gasteiger partial charge in [-0.05, 0) is 197 Å². The summed E-state index contributed by atoms with van der Waals surface area (Å²) in [4.78, 5) is 98.2. The van der Waals surface area contributed by atoms with E-state index in [0.717, 1.165) is 170 Å². The monoisotopic (exact) mass is 1700 g/mol. The molecule has 2 saturated carbocycles. The Balaban J connectivity index is 0.000000160. The number of carbonyl (C=O) groups excluding carboxylic acids is 4. The van der Waals surface area contributed by atoms with Crippen molar-refractivity contribution in [3.8, 4) is 11.5 Å². The molecule has 4 amide bonds. The normalized spacial score (nSPS) is 13.0. The summed E-state index contributed by atoms with van der Waals surface area (Å²) < 4.78 is 60.4. The summed E-state index contributed by atoms with van der Waals surface area (Å²) in [7, 11) is 3.19. The molecule has 0 saturated heterocycles. The lowest BCUT2D eigenvalue weighted by Gasteiger charge is -2.26. The van der Waals surface area contributed by atoms with E-state index in [0.29, 0.717) is 104 Å². The molecule has 0 atom stereocenters. The van der Waals surface area contributed by atoms with Crippen LogP contribution in [-0.4, -0.2) is 142 Å². The summed E-state index contributed by atoms with van der Waals surface area (Å²) in [5, 5.41) is 0.565. The third-order valence-corrected chi connectivity index (χ3v) is 22.7. The van der Waals surface area contributed by atoms with E-state index >= 15 is 0 Å². The molecule has 4 aromatic carbocycles. The third-order valence-electron chi connectivity index (χ3n) is 22.5. The summed E-state index contributed by atoms with van der Waals surface area (Å²) in [6.07, 6.45) is 22.8. The van der Waals surface area contributed by atoms with Crippen molar-refractivity contribution in [1.29, 1.82) is 0 Å². The highest BCUT2D eigenvalue weighted by atomic mass is 35.5. The molecule has 12 aromatic rings. The summed E-state index contributed by atoms with van der Waals surface area (Å²) in [6, 6.07) is 41.6. The molecule has 2 fully saturated rings. The van der Waals surface area contributed by atoms with Crippen LogP contribution in [0.5, 0.6) is 11.5 Å². The minimum absolute atomic E-state index is 0.0302. The number of amides is 4. The van der Waals surface area contributed by atoms with Gasteiger partial charge < -0.3 is 47.3 Å². The van der Waals surface area contributed by atoms with Gasteiger partial charge in [-0.3, -0.25) is 19.2 Å². The Morgan fingerprint density at radius 1 is 0.455 bits per heavy atom. The molecule has 654 valence electrons. The molecule has 22 nitrogen and oxygen atoms in total. The molecular formula is C97H122ClF3N16O6. The molecule has 26 heteroatoms. The maximum atomic E-state index is 13.8. The molecule has 0 radical (unpaired) electrons. The van der Waals surface area contributed by atoms with E-state index in [9.17, 15) is 32.3 Å². The van der Waals surface area contributed by atoms with Crippen molar-refractivity contribution in [2.24, 2.45) is 11.8 Å². The number of imidazole rings is 4. The van der Waals surface area contributed by atoms with Crippen LogP contribution in [0.25, 0.3) is 44.7 Å². The molecule has 0 unspecified atom stereocenters. The van der Waals surface area contributed by atoms with Crippen LogP contribution in [0.2, 0.25) is 5.02 Å². The number of methoxy groups -OCH3 is 2. The lowest BCUT2D eigenvalue weighted by atomic mass is 10.0. The molecule has 8 aromatic heterocycles. The number of benzene rings is 4. The summed E-state index contributed by atoms with van der Waals surface area (Å²) in [6.45, 7) is 24.7. The number of hydrogen-bond acceptors (Lipinski definition) is 14. The zero-order valence-electron chi connectivity index (χ0n) is 73.5.